The van der Waals surface area contributed by atoms with E-state index in [0.29, 0.717) is 37.7 Å². The van der Waals surface area contributed by atoms with Crippen molar-refractivity contribution >= 4 is 22.5 Å². The van der Waals surface area contributed by atoms with E-state index in [4.69, 9.17) is 9.84 Å². The summed E-state index contributed by atoms with van der Waals surface area (Å²) in [5.41, 5.74) is 3.62. The Bertz CT molecular complexity index is 1520. The van der Waals surface area contributed by atoms with Gasteiger partial charge in [-0.3, -0.25) is 4.79 Å². The molecule has 9 heteroatoms. The highest BCUT2D eigenvalue weighted by molar-refractivity contribution is 5.86. The molecule has 0 unspecified atom stereocenters. The molecule has 4 heterocycles. The molecule has 1 aliphatic rings. The number of benzene rings is 1. The topological polar surface area (TPSA) is 102 Å². The fourth-order valence-corrected chi connectivity index (χ4v) is 4.96. The van der Waals surface area contributed by atoms with Crippen molar-refractivity contribution in [2.45, 2.75) is 58.6 Å². The average molecular weight is 504 g/mol. The first-order valence-corrected chi connectivity index (χ1v) is 12.7. The van der Waals surface area contributed by atoms with Gasteiger partial charge in [-0.1, -0.05) is 6.07 Å². The molecule has 9 nitrogen and oxygen atoms in total. The summed E-state index contributed by atoms with van der Waals surface area (Å²) in [6.45, 7) is 8.64. The van der Waals surface area contributed by atoms with E-state index in [0.717, 1.165) is 33.5 Å². The summed E-state index contributed by atoms with van der Waals surface area (Å²) in [5, 5.41) is 15.7. The van der Waals surface area contributed by atoms with Crippen LogP contribution in [-0.4, -0.2) is 60.6 Å². The van der Waals surface area contributed by atoms with Crippen LogP contribution in [0.4, 0.5) is 4.79 Å². The lowest BCUT2D eigenvalue weighted by atomic mass is 10.0. The number of hydrogen-bond acceptors (Lipinski definition) is 6. The minimum atomic E-state index is -0.526. The van der Waals surface area contributed by atoms with Crippen molar-refractivity contribution in [3.8, 4) is 11.3 Å². The molecule has 1 amide bonds. The second kappa shape index (κ2) is 9.63. The van der Waals surface area contributed by atoms with Crippen molar-refractivity contribution < 1.29 is 14.6 Å². The molecule has 3 aromatic heterocycles. The van der Waals surface area contributed by atoms with Gasteiger partial charge in [0.15, 0.2) is 5.65 Å². The number of piperidine rings is 1. The molecule has 0 atom stereocenters. The van der Waals surface area contributed by atoms with Crippen molar-refractivity contribution in [3.05, 3.63) is 64.3 Å². The van der Waals surface area contributed by atoms with Gasteiger partial charge in [0.05, 0.1) is 17.6 Å². The number of aryl methyl sites for hydroxylation is 1. The molecule has 5 rings (SSSR count). The molecule has 1 fully saturated rings. The first-order valence-electron chi connectivity index (χ1n) is 12.7. The smallest absolute Gasteiger partial charge is 0.410 e. The second-order valence-corrected chi connectivity index (χ2v) is 10.7. The second-order valence-electron chi connectivity index (χ2n) is 10.7. The van der Waals surface area contributed by atoms with Crippen LogP contribution in [0.15, 0.2) is 47.5 Å². The molecular formula is C28H33N5O4. The van der Waals surface area contributed by atoms with Gasteiger partial charge in [0.25, 0.3) is 5.56 Å². The molecule has 0 spiro atoms. The van der Waals surface area contributed by atoms with Gasteiger partial charge >= 0.3 is 6.09 Å². The fraction of sp³-hybridized carbons (Fsp3) is 0.429. The Balaban J connectivity index is 1.40. The zero-order valence-electron chi connectivity index (χ0n) is 21.8. The number of carbonyl (C=O) groups is 1. The molecule has 4 aromatic rings. The Morgan fingerprint density at radius 2 is 1.92 bits per heavy atom. The van der Waals surface area contributed by atoms with Crippen molar-refractivity contribution in [2.24, 2.45) is 0 Å². The number of amides is 1. The van der Waals surface area contributed by atoms with E-state index < -0.39 is 5.60 Å². The third-order valence-corrected chi connectivity index (χ3v) is 6.74. The van der Waals surface area contributed by atoms with Crippen molar-refractivity contribution in [1.29, 1.82) is 0 Å². The lowest BCUT2D eigenvalue weighted by Crippen LogP contribution is -2.43. The van der Waals surface area contributed by atoms with Crippen LogP contribution in [0.25, 0.3) is 27.7 Å². The molecule has 0 bridgehead atoms. The number of aliphatic hydroxyl groups is 1. The van der Waals surface area contributed by atoms with Gasteiger partial charge in [-0.25, -0.2) is 14.3 Å². The molecule has 194 valence electrons. The number of pyridine rings is 1. The quantitative estimate of drug-likeness (QED) is 0.449. The number of aliphatic hydroxyl groups excluding tert-OH is 1. The number of ether oxygens (including phenoxy) is 1. The standard InChI is InChI=1S/C28H33N5O4/c1-18-17-33-25(29-18)21(10-14-34)16-24(30-33)20-5-6-23-19(15-20)7-13-32(26(23)35)22-8-11-31(12-9-22)27(36)37-28(2,3)4/h5-7,13,15-17,22,34H,8-12,14H2,1-4H3. The Hall–Kier alpha value is -3.72. The summed E-state index contributed by atoms with van der Waals surface area (Å²) < 4.78 is 9.04. The highest BCUT2D eigenvalue weighted by Crippen LogP contribution is 2.27. The number of fused-ring (bicyclic) bond motifs is 2. The number of imidazole rings is 1. The third-order valence-electron chi connectivity index (χ3n) is 6.74. The zero-order chi connectivity index (χ0) is 26.3. The van der Waals surface area contributed by atoms with Gasteiger partial charge in [-0.05, 0) is 76.6 Å². The predicted octanol–water partition coefficient (Wildman–Crippen LogP) is 4.13. The van der Waals surface area contributed by atoms with Gasteiger partial charge in [-0.2, -0.15) is 5.10 Å². The summed E-state index contributed by atoms with van der Waals surface area (Å²) in [7, 11) is 0. The maximum Gasteiger partial charge on any atom is 0.410 e. The molecule has 1 N–H and O–H groups in total. The van der Waals surface area contributed by atoms with Crippen LogP contribution >= 0.6 is 0 Å². The number of likely N-dealkylation sites (tertiary alicyclic amines) is 1. The molecular weight excluding hydrogens is 470 g/mol. The lowest BCUT2D eigenvalue weighted by molar-refractivity contribution is 0.0187. The SMILES string of the molecule is Cc1cn2nc(-c3ccc4c(=O)n(C5CCN(C(=O)OC(C)(C)C)CC5)ccc4c3)cc(CCO)c2n1. The monoisotopic (exact) mass is 503 g/mol. The van der Waals surface area contributed by atoms with Gasteiger partial charge < -0.3 is 19.3 Å². The van der Waals surface area contributed by atoms with Crippen LogP contribution in [0.1, 0.15) is 50.9 Å². The molecule has 37 heavy (non-hydrogen) atoms. The van der Waals surface area contributed by atoms with Crippen LogP contribution in [0.3, 0.4) is 0 Å². The predicted molar refractivity (Wildman–Crippen MR) is 142 cm³/mol. The van der Waals surface area contributed by atoms with Crippen LogP contribution in [0.2, 0.25) is 0 Å². The van der Waals surface area contributed by atoms with E-state index in [2.05, 4.69) is 4.98 Å². The minimum absolute atomic E-state index is 0.0268. The highest BCUT2D eigenvalue weighted by atomic mass is 16.6. The summed E-state index contributed by atoms with van der Waals surface area (Å²) in [6, 6.07) is 9.71. The van der Waals surface area contributed by atoms with E-state index in [1.807, 2.05) is 70.4 Å². The van der Waals surface area contributed by atoms with Gasteiger partial charge in [0.1, 0.15) is 5.60 Å². The molecule has 1 aromatic carbocycles. The molecule has 0 aliphatic carbocycles. The Labute approximate surface area is 215 Å². The average Bonchev–Trinajstić information content (AvgIpc) is 3.24. The number of nitrogens with zero attached hydrogens (tertiary/aromatic N) is 5. The molecule has 1 aliphatic heterocycles. The van der Waals surface area contributed by atoms with Gasteiger partial charge in [0.2, 0.25) is 0 Å². The first kappa shape index (κ1) is 25.0. The van der Waals surface area contributed by atoms with Crippen LogP contribution < -0.4 is 5.56 Å². The summed E-state index contributed by atoms with van der Waals surface area (Å²) in [6.07, 6.45) is 5.31. The van der Waals surface area contributed by atoms with Gasteiger partial charge in [0, 0.05) is 48.4 Å². The molecule has 1 saturated heterocycles. The van der Waals surface area contributed by atoms with Crippen molar-refractivity contribution in [2.75, 3.05) is 19.7 Å². The number of hydrogen-bond donors (Lipinski definition) is 1. The summed E-state index contributed by atoms with van der Waals surface area (Å²) >= 11 is 0. The normalized spacial score (nSPS) is 15.0. The largest absolute Gasteiger partial charge is 0.444 e. The number of rotatable bonds is 4. The number of carbonyl (C=O) groups excluding carboxylic acids is 1. The summed E-state index contributed by atoms with van der Waals surface area (Å²) in [5.74, 6) is 0. The van der Waals surface area contributed by atoms with E-state index >= 15 is 0 Å². The van der Waals surface area contributed by atoms with Gasteiger partial charge in [-0.15, -0.1) is 0 Å². The Kier molecular flexibility index (Phi) is 6.49. The fourth-order valence-electron chi connectivity index (χ4n) is 4.96. The highest BCUT2D eigenvalue weighted by Gasteiger charge is 2.28. The maximum atomic E-state index is 13.4. The first-order chi connectivity index (χ1) is 17.6. The van der Waals surface area contributed by atoms with Crippen LogP contribution in [0.5, 0.6) is 0 Å². The van der Waals surface area contributed by atoms with E-state index in [1.54, 1.807) is 14.0 Å². The van der Waals surface area contributed by atoms with Crippen molar-refractivity contribution in [3.63, 3.8) is 0 Å². The number of aromatic nitrogens is 4. The van der Waals surface area contributed by atoms with E-state index in [-0.39, 0.29) is 24.3 Å². The van der Waals surface area contributed by atoms with Crippen LogP contribution in [-0.2, 0) is 11.2 Å². The Morgan fingerprint density at radius 1 is 1.16 bits per heavy atom. The van der Waals surface area contributed by atoms with Crippen molar-refractivity contribution in [1.82, 2.24) is 24.1 Å². The lowest BCUT2D eigenvalue weighted by Gasteiger charge is -2.34. The zero-order valence-corrected chi connectivity index (χ0v) is 21.8. The third kappa shape index (κ3) is 5.09. The minimum Gasteiger partial charge on any atom is -0.444 e. The van der Waals surface area contributed by atoms with E-state index in [1.165, 1.54) is 0 Å². The summed E-state index contributed by atoms with van der Waals surface area (Å²) in [4.78, 5) is 32.0. The Morgan fingerprint density at radius 3 is 2.62 bits per heavy atom. The maximum absolute atomic E-state index is 13.4. The van der Waals surface area contributed by atoms with Crippen LogP contribution in [0, 0.1) is 6.92 Å². The molecule has 0 saturated carbocycles. The van der Waals surface area contributed by atoms with E-state index in [9.17, 15) is 14.7 Å². The molecule has 0 radical (unpaired) electrons.